The Kier molecular flexibility index (Phi) is 4.39. The average molecular weight is 414 g/mol. The zero-order chi connectivity index (χ0) is 20.9. The molecule has 1 aliphatic heterocycles. The lowest BCUT2D eigenvalue weighted by atomic mass is 10.1. The molecule has 4 aromatic rings. The van der Waals surface area contributed by atoms with Crippen LogP contribution in [0.25, 0.3) is 33.3 Å². The van der Waals surface area contributed by atoms with E-state index in [4.69, 9.17) is 4.42 Å². The summed E-state index contributed by atoms with van der Waals surface area (Å²) in [6, 6.07) is 14.8. The normalized spacial score (nSPS) is 17.0. The van der Waals surface area contributed by atoms with Crippen molar-refractivity contribution in [3.05, 3.63) is 53.6 Å². The number of hydrogen-bond donors (Lipinski definition) is 1. The van der Waals surface area contributed by atoms with Crippen molar-refractivity contribution in [3.8, 4) is 11.5 Å². The van der Waals surface area contributed by atoms with Gasteiger partial charge in [0.25, 0.3) is 0 Å². The van der Waals surface area contributed by atoms with Crippen molar-refractivity contribution in [2.24, 2.45) is 5.92 Å². The monoisotopic (exact) mass is 413 g/mol. The summed E-state index contributed by atoms with van der Waals surface area (Å²) in [6.45, 7) is 7.31. The number of nitrogens with zero attached hydrogens (tertiary/aromatic N) is 2. The van der Waals surface area contributed by atoms with E-state index in [0.29, 0.717) is 5.56 Å². The highest BCUT2D eigenvalue weighted by atomic mass is 16.3. The number of furan rings is 1. The summed E-state index contributed by atoms with van der Waals surface area (Å²) in [5.41, 5.74) is 6.28. The Morgan fingerprint density at radius 1 is 1.10 bits per heavy atom. The fourth-order valence-electron chi connectivity index (χ4n) is 4.87. The van der Waals surface area contributed by atoms with Gasteiger partial charge in [0.1, 0.15) is 11.9 Å². The third-order valence-electron chi connectivity index (χ3n) is 6.84. The second-order valence-electron chi connectivity index (χ2n) is 8.99. The van der Waals surface area contributed by atoms with Gasteiger partial charge in [-0.1, -0.05) is 18.2 Å². The van der Waals surface area contributed by atoms with Crippen molar-refractivity contribution >= 4 is 33.8 Å². The van der Waals surface area contributed by atoms with Crippen molar-refractivity contribution in [2.45, 2.75) is 26.3 Å². The van der Waals surface area contributed by atoms with Gasteiger partial charge in [0.15, 0.2) is 5.76 Å². The summed E-state index contributed by atoms with van der Waals surface area (Å²) in [5, 5.41) is 5.77. The van der Waals surface area contributed by atoms with E-state index in [1.807, 2.05) is 18.2 Å². The Morgan fingerprint density at radius 2 is 1.94 bits per heavy atom. The highest BCUT2D eigenvalue weighted by Gasteiger charge is 2.26. The molecule has 5 nitrogen and oxygen atoms in total. The van der Waals surface area contributed by atoms with Gasteiger partial charge in [-0.25, -0.2) is 0 Å². The topological polar surface area (TPSA) is 50.4 Å². The van der Waals surface area contributed by atoms with Crippen LogP contribution < -0.4 is 10.2 Å². The minimum atomic E-state index is 0.645. The molecule has 0 radical (unpaired) electrons. The zero-order valence-corrected chi connectivity index (χ0v) is 17.9. The van der Waals surface area contributed by atoms with Crippen molar-refractivity contribution in [1.82, 2.24) is 9.88 Å². The van der Waals surface area contributed by atoms with Crippen LogP contribution in [0.4, 0.5) is 5.69 Å². The fourth-order valence-corrected chi connectivity index (χ4v) is 4.87. The molecule has 31 heavy (non-hydrogen) atoms. The molecule has 6 rings (SSSR count). The molecule has 1 aliphatic carbocycles. The molecule has 2 aromatic carbocycles. The summed E-state index contributed by atoms with van der Waals surface area (Å²) < 4.78 is 8.81. The fraction of sp³-hybridized carbons (Fsp3) is 0.346. The maximum Gasteiger partial charge on any atom is 0.154 e. The van der Waals surface area contributed by atoms with Gasteiger partial charge in [0.05, 0.1) is 11.2 Å². The van der Waals surface area contributed by atoms with E-state index >= 15 is 0 Å². The Balaban J connectivity index is 1.51. The number of carbonyl (C=O) groups excluding carboxylic acids is 1. The van der Waals surface area contributed by atoms with Crippen LogP contribution in [-0.2, 0) is 6.54 Å². The minimum Gasteiger partial charge on any atom is -0.454 e. The van der Waals surface area contributed by atoms with Crippen LogP contribution in [0.2, 0.25) is 0 Å². The molecule has 2 aromatic heterocycles. The number of nitrogens with one attached hydrogen (secondary N) is 1. The summed E-state index contributed by atoms with van der Waals surface area (Å²) in [7, 11) is 0. The third-order valence-corrected chi connectivity index (χ3v) is 6.84. The van der Waals surface area contributed by atoms with Gasteiger partial charge in [0, 0.05) is 60.3 Å². The molecular weight excluding hydrogens is 386 g/mol. The van der Waals surface area contributed by atoms with Crippen molar-refractivity contribution in [2.75, 3.05) is 31.1 Å². The third kappa shape index (κ3) is 3.24. The summed E-state index contributed by atoms with van der Waals surface area (Å²) in [5.74, 6) is 1.67. The number of aryl methyl sites for hydroxylation is 1. The summed E-state index contributed by atoms with van der Waals surface area (Å²) in [6.07, 6.45) is 3.48. The summed E-state index contributed by atoms with van der Waals surface area (Å²) >= 11 is 0. The molecule has 3 heterocycles. The van der Waals surface area contributed by atoms with E-state index in [1.165, 1.54) is 29.4 Å². The maximum atomic E-state index is 11.2. The largest absolute Gasteiger partial charge is 0.454 e. The molecule has 1 saturated carbocycles. The standard InChI is InChI=1S/C26H27N3O2/c1-17-22-7-4-19(16-30)12-25(22)31-26(17)24-13-20-5-6-21(28-10-8-27-9-11-28)14-23(20)29(24)15-18-2-3-18/h4-7,12-14,16,18,27H,2-3,8-11,15H2,1H3. The van der Waals surface area contributed by atoms with Crippen LogP contribution in [0.1, 0.15) is 28.8 Å². The quantitative estimate of drug-likeness (QED) is 0.468. The average Bonchev–Trinajstić information content (AvgIpc) is 3.49. The first-order valence-electron chi connectivity index (χ1n) is 11.3. The van der Waals surface area contributed by atoms with E-state index in [9.17, 15) is 4.79 Å². The highest BCUT2D eigenvalue weighted by molar-refractivity contribution is 5.94. The lowest BCUT2D eigenvalue weighted by Crippen LogP contribution is -2.43. The molecule has 158 valence electrons. The lowest BCUT2D eigenvalue weighted by molar-refractivity contribution is 0.112. The number of benzene rings is 2. The van der Waals surface area contributed by atoms with Crippen molar-refractivity contribution in [3.63, 3.8) is 0 Å². The smallest absolute Gasteiger partial charge is 0.154 e. The van der Waals surface area contributed by atoms with E-state index in [-0.39, 0.29) is 0 Å². The molecule has 2 fully saturated rings. The molecule has 0 unspecified atom stereocenters. The molecule has 2 aliphatic rings. The first-order valence-corrected chi connectivity index (χ1v) is 11.3. The van der Waals surface area contributed by atoms with Gasteiger partial charge in [-0.3, -0.25) is 4.79 Å². The number of fused-ring (bicyclic) bond motifs is 2. The predicted molar refractivity (Wildman–Crippen MR) is 125 cm³/mol. The molecule has 0 spiro atoms. The number of piperazine rings is 1. The molecule has 1 N–H and O–H groups in total. The van der Waals surface area contributed by atoms with Crippen LogP contribution in [0, 0.1) is 12.8 Å². The highest BCUT2D eigenvalue weighted by Crippen LogP contribution is 2.40. The van der Waals surface area contributed by atoms with Crippen LogP contribution in [0.5, 0.6) is 0 Å². The van der Waals surface area contributed by atoms with Gasteiger partial charge in [0.2, 0.25) is 0 Å². The molecule has 0 atom stereocenters. The second-order valence-corrected chi connectivity index (χ2v) is 8.99. The van der Waals surface area contributed by atoms with Gasteiger partial charge < -0.3 is 19.2 Å². The van der Waals surface area contributed by atoms with E-state index < -0.39 is 0 Å². The van der Waals surface area contributed by atoms with Crippen molar-refractivity contribution in [1.29, 1.82) is 0 Å². The molecule has 0 bridgehead atoms. The zero-order valence-electron chi connectivity index (χ0n) is 17.9. The first-order chi connectivity index (χ1) is 15.2. The number of hydrogen-bond acceptors (Lipinski definition) is 4. The van der Waals surface area contributed by atoms with Crippen molar-refractivity contribution < 1.29 is 9.21 Å². The maximum absolute atomic E-state index is 11.2. The lowest BCUT2D eigenvalue weighted by Gasteiger charge is -2.29. The Bertz CT molecular complexity index is 1290. The van der Waals surface area contributed by atoms with E-state index in [1.54, 1.807) is 0 Å². The molecule has 0 amide bonds. The van der Waals surface area contributed by atoms with Gasteiger partial charge in [-0.15, -0.1) is 0 Å². The van der Waals surface area contributed by atoms with Crippen LogP contribution in [0.3, 0.4) is 0 Å². The van der Waals surface area contributed by atoms with Crippen LogP contribution >= 0.6 is 0 Å². The van der Waals surface area contributed by atoms with Crippen LogP contribution in [-0.4, -0.2) is 37.0 Å². The van der Waals surface area contributed by atoms with Gasteiger partial charge >= 0.3 is 0 Å². The molecular formula is C26H27N3O2. The number of aromatic nitrogens is 1. The number of anilines is 1. The SMILES string of the molecule is Cc1c(-c2cc3ccc(N4CCNCC4)cc3n2CC2CC2)oc2cc(C=O)ccc12. The van der Waals surface area contributed by atoms with E-state index in [0.717, 1.165) is 72.9 Å². The Morgan fingerprint density at radius 3 is 2.71 bits per heavy atom. The Labute approximate surface area is 181 Å². The molecule has 1 saturated heterocycles. The van der Waals surface area contributed by atoms with Gasteiger partial charge in [-0.05, 0) is 49.9 Å². The number of carbonyl (C=O) groups is 1. The second kappa shape index (κ2) is 7.27. The molecule has 5 heteroatoms. The Hall–Kier alpha value is -3.05. The van der Waals surface area contributed by atoms with Gasteiger partial charge in [-0.2, -0.15) is 0 Å². The summed E-state index contributed by atoms with van der Waals surface area (Å²) in [4.78, 5) is 13.7. The predicted octanol–water partition coefficient (Wildman–Crippen LogP) is 5.00. The number of aldehydes is 1. The minimum absolute atomic E-state index is 0.645. The van der Waals surface area contributed by atoms with E-state index in [2.05, 4.69) is 46.0 Å². The first kappa shape index (κ1) is 18.7. The number of rotatable bonds is 5. The van der Waals surface area contributed by atoms with Crippen LogP contribution in [0.15, 0.2) is 46.9 Å².